The fourth-order valence-corrected chi connectivity index (χ4v) is 2.56. The van der Waals surface area contributed by atoms with Gasteiger partial charge in [0.25, 0.3) is 0 Å². The lowest BCUT2D eigenvalue weighted by molar-refractivity contribution is 0.636. The number of fused-ring (bicyclic) bond motifs is 2. The zero-order valence-electron chi connectivity index (χ0n) is 9.26. The van der Waals surface area contributed by atoms with Gasteiger partial charge in [0.05, 0.1) is 0 Å². The Labute approximate surface area is 98.0 Å². The molecule has 3 nitrogen and oxygen atoms in total. The Balaban J connectivity index is 2.49. The van der Waals surface area contributed by atoms with E-state index in [1.807, 2.05) is 0 Å². The lowest BCUT2D eigenvalue weighted by Crippen LogP contribution is -2.15. The molecule has 1 heterocycles. The molecule has 0 fully saturated rings. The number of nitrogens with zero attached hydrogens (tertiary/aromatic N) is 1. The highest BCUT2D eigenvalue weighted by Crippen LogP contribution is 2.30. The summed E-state index contributed by atoms with van der Waals surface area (Å²) in [4.78, 5) is 4.37. The topological polar surface area (TPSA) is 62.8 Å². The van der Waals surface area contributed by atoms with Crippen LogP contribution < -0.4 is 5.73 Å². The fourth-order valence-electron chi connectivity index (χ4n) is 2.56. The van der Waals surface area contributed by atoms with E-state index in [9.17, 15) is 4.39 Å². The van der Waals surface area contributed by atoms with Gasteiger partial charge in [-0.15, -0.1) is 0 Å². The quantitative estimate of drug-likeness (QED) is 0.581. The van der Waals surface area contributed by atoms with E-state index >= 15 is 0 Å². The number of aryl methyl sites for hydroxylation is 1. The number of hydrogen-bond donors (Lipinski definition) is 2. The van der Waals surface area contributed by atoms with Crippen LogP contribution in [-0.4, -0.2) is 10.8 Å². The maximum atomic E-state index is 13.7. The number of nitrogens with one attached hydrogen (secondary N) is 1. The average Bonchev–Trinajstić information content (AvgIpc) is 2.74. The van der Waals surface area contributed by atoms with Crippen molar-refractivity contribution in [3.05, 3.63) is 40.8 Å². The number of amidine groups is 1. The monoisotopic (exact) mass is 229 g/mol. The Bertz CT molecular complexity index is 634. The van der Waals surface area contributed by atoms with Crippen LogP contribution in [0.2, 0.25) is 0 Å². The smallest absolute Gasteiger partial charge is 0.149 e. The van der Waals surface area contributed by atoms with Crippen LogP contribution in [0.4, 0.5) is 4.39 Å². The van der Waals surface area contributed by atoms with E-state index in [2.05, 4.69) is 4.98 Å². The van der Waals surface area contributed by atoms with E-state index in [-0.39, 0.29) is 11.7 Å². The first-order chi connectivity index (χ1) is 8.18. The molecule has 0 atom stereocenters. The Morgan fingerprint density at radius 2 is 2.18 bits per heavy atom. The largest absolute Gasteiger partial charge is 0.384 e. The average molecular weight is 229 g/mol. The summed E-state index contributed by atoms with van der Waals surface area (Å²) >= 11 is 0. The molecule has 1 aromatic carbocycles. The van der Waals surface area contributed by atoms with E-state index < -0.39 is 0 Å². The van der Waals surface area contributed by atoms with Crippen molar-refractivity contribution in [1.82, 2.24) is 4.98 Å². The third kappa shape index (κ3) is 1.40. The molecule has 0 saturated heterocycles. The maximum absolute atomic E-state index is 13.7. The van der Waals surface area contributed by atoms with Crippen LogP contribution in [0.25, 0.3) is 10.9 Å². The van der Waals surface area contributed by atoms with Crippen molar-refractivity contribution in [2.45, 2.75) is 19.3 Å². The second-order valence-corrected chi connectivity index (χ2v) is 4.32. The minimum absolute atomic E-state index is 0.00106. The summed E-state index contributed by atoms with van der Waals surface area (Å²) in [5.74, 6) is -0.346. The molecule has 0 radical (unpaired) electrons. The van der Waals surface area contributed by atoms with Crippen molar-refractivity contribution < 1.29 is 4.39 Å². The Kier molecular flexibility index (Phi) is 2.11. The van der Waals surface area contributed by atoms with Crippen LogP contribution in [0.5, 0.6) is 0 Å². The van der Waals surface area contributed by atoms with Crippen LogP contribution in [0.15, 0.2) is 18.2 Å². The van der Waals surface area contributed by atoms with Crippen molar-refractivity contribution in [2.75, 3.05) is 0 Å². The molecule has 3 N–H and O–H groups in total. The molecule has 0 spiro atoms. The Morgan fingerprint density at radius 3 is 2.94 bits per heavy atom. The lowest BCUT2D eigenvalue weighted by atomic mass is 10.0. The number of nitrogen functional groups attached to an aromatic ring is 1. The van der Waals surface area contributed by atoms with Crippen LogP contribution in [0.1, 0.15) is 23.2 Å². The second-order valence-electron chi connectivity index (χ2n) is 4.32. The van der Waals surface area contributed by atoms with Gasteiger partial charge in [0.2, 0.25) is 0 Å². The molecule has 0 unspecified atom stereocenters. The lowest BCUT2D eigenvalue weighted by Gasteiger charge is -2.11. The van der Waals surface area contributed by atoms with Gasteiger partial charge in [0.1, 0.15) is 17.2 Å². The molecule has 0 saturated carbocycles. The molecule has 0 aliphatic heterocycles. The molecule has 2 aromatic rings. The summed E-state index contributed by atoms with van der Waals surface area (Å²) < 4.78 is 13.7. The molecule has 0 amide bonds. The van der Waals surface area contributed by atoms with Gasteiger partial charge in [-0.25, -0.2) is 9.37 Å². The summed E-state index contributed by atoms with van der Waals surface area (Å²) in [5.41, 5.74) is 8.56. The standard InChI is InChI=1S/C13H12FN3/c14-9-5-1-4-8-11(13(15)16)7-3-2-6-10(7)17-12(8)9/h1,4-5H,2-3,6H2,(H3,15,16). The molecule has 1 aliphatic carbocycles. The van der Waals surface area contributed by atoms with Crippen LogP contribution in [0.3, 0.4) is 0 Å². The van der Waals surface area contributed by atoms with Gasteiger partial charge in [0.15, 0.2) is 0 Å². The number of para-hydroxylation sites is 1. The highest BCUT2D eigenvalue weighted by atomic mass is 19.1. The van der Waals surface area contributed by atoms with Crippen LogP contribution in [0, 0.1) is 11.2 Å². The third-order valence-corrected chi connectivity index (χ3v) is 3.26. The summed E-state index contributed by atoms with van der Waals surface area (Å²) in [6.07, 6.45) is 2.73. The van der Waals surface area contributed by atoms with Crippen molar-refractivity contribution in [3.8, 4) is 0 Å². The first-order valence-corrected chi connectivity index (χ1v) is 5.63. The molecule has 0 bridgehead atoms. The number of benzene rings is 1. The molecule has 17 heavy (non-hydrogen) atoms. The Morgan fingerprint density at radius 1 is 1.35 bits per heavy atom. The number of pyridine rings is 1. The van der Waals surface area contributed by atoms with Crippen molar-refractivity contribution in [3.63, 3.8) is 0 Å². The normalized spacial score (nSPS) is 13.9. The molecule has 4 heteroatoms. The highest BCUT2D eigenvalue weighted by molar-refractivity contribution is 6.08. The molecule has 3 rings (SSSR count). The highest BCUT2D eigenvalue weighted by Gasteiger charge is 2.21. The second kappa shape index (κ2) is 3.52. The molecule has 86 valence electrons. The summed E-state index contributed by atoms with van der Waals surface area (Å²) in [6.45, 7) is 0. The van der Waals surface area contributed by atoms with Gasteiger partial charge >= 0.3 is 0 Å². The molecular weight excluding hydrogens is 217 g/mol. The maximum Gasteiger partial charge on any atom is 0.149 e. The van der Waals surface area contributed by atoms with Crippen LogP contribution >= 0.6 is 0 Å². The predicted octanol–water partition coefficient (Wildman–Crippen LogP) is 2.15. The first kappa shape index (κ1) is 10.2. The number of nitrogens with two attached hydrogens (primary N) is 1. The molecular formula is C13H12FN3. The fraction of sp³-hybridized carbons (Fsp3) is 0.231. The van der Waals surface area contributed by atoms with E-state index in [0.717, 1.165) is 30.5 Å². The minimum atomic E-state index is -0.347. The van der Waals surface area contributed by atoms with Crippen molar-refractivity contribution >= 4 is 16.7 Å². The summed E-state index contributed by atoms with van der Waals surface area (Å²) in [7, 11) is 0. The van der Waals surface area contributed by atoms with Gasteiger partial charge in [-0.1, -0.05) is 12.1 Å². The summed E-state index contributed by atoms with van der Waals surface area (Å²) in [6, 6.07) is 4.80. The van der Waals surface area contributed by atoms with E-state index in [1.54, 1.807) is 12.1 Å². The number of halogens is 1. The number of aromatic nitrogens is 1. The molecule has 1 aromatic heterocycles. The zero-order chi connectivity index (χ0) is 12.0. The SMILES string of the molecule is N=C(N)c1c2c(nc3c(F)cccc13)CCC2. The zero-order valence-corrected chi connectivity index (χ0v) is 9.26. The molecule has 1 aliphatic rings. The van der Waals surface area contributed by atoms with Gasteiger partial charge in [-0.2, -0.15) is 0 Å². The predicted molar refractivity (Wildman–Crippen MR) is 64.7 cm³/mol. The van der Waals surface area contributed by atoms with Gasteiger partial charge in [-0.05, 0) is 30.9 Å². The number of hydrogen-bond acceptors (Lipinski definition) is 2. The van der Waals surface area contributed by atoms with Crippen molar-refractivity contribution in [1.29, 1.82) is 5.41 Å². The van der Waals surface area contributed by atoms with Gasteiger partial charge in [0, 0.05) is 16.6 Å². The summed E-state index contributed by atoms with van der Waals surface area (Å²) in [5, 5.41) is 8.34. The van der Waals surface area contributed by atoms with Crippen LogP contribution in [-0.2, 0) is 12.8 Å². The van der Waals surface area contributed by atoms with E-state index in [1.165, 1.54) is 6.07 Å². The van der Waals surface area contributed by atoms with E-state index in [0.29, 0.717) is 16.5 Å². The first-order valence-electron chi connectivity index (χ1n) is 5.63. The van der Waals surface area contributed by atoms with Gasteiger partial charge in [-0.3, -0.25) is 5.41 Å². The van der Waals surface area contributed by atoms with Gasteiger partial charge < -0.3 is 5.73 Å². The Hall–Kier alpha value is -1.97. The minimum Gasteiger partial charge on any atom is -0.384 e. The van der Waals surface area contributed by atoms with E-state index in [4.69, 9.17) is 11.1 Å². The van der Waals surface area contributed by atoms with Crippen molar-refractivity contribution in [2.24, 2.45) is 5.73 Å². The third-order valence-electron chi connectivity index (χ3n) is 3.26. The number of rotatable bonds is 1.